The van der Waals surface area contributed by atoms with Crippen molar-refractivity contribution in [3.63, 3.8) is 0 Å². The Morgan fingerprint density at radius 1 is 1.12 bits per heavy atom. The van der Waals surface area contributed by atoms with E-state index in [0.29, 0.717) is 17.0 Å². The van der Waals surface area contributed by atoms with Gasteiger partial charge in [0, 0.05) is 37.4 Å². The molecule has 2 aliphatic rings. The number of benzene rings is 2. The second-order valence-corrected chi connectivity index (χ2v) is 6.25. The molecule has 0 spiro atoms. The van der Waals surface area contributed by atoms with Crippen molar-refractivity contribution in [2.45, 2.75) is 6.54 Å². The second kappa shape index (κ2) is 6.72. The van der Waals surface area contributed by atoms with E-state index in [4.69, 9.17) is 4.74 Å². The van der Waals surface area contributed by atoms with Gasteiger partial charge in [0.2, 0.25) is 0 Å². The first-order valence-electron chi connectivity index (χ1n) is 8.49. The number of anilines is 2. The fourth-order valence-electron chi connectivity index (χ4n) is 3.28. The highest BCUT2D eigenvalue weighted by molar-refractivity contribution is 5.98. The van der Waals surface area contributed by atoms with Crippen LogP contribution in [0.5, 0.6) is 5.75 Å². The Balaban J connectivity index is 1.67. The Kier molecular flexibility index (Phi) is 4.28. The first-order valence-corrected chi connectivity index (χ1v) is 8.49. The lowest BCUT2D eigenvalue weighted by Gasteiger charge is -2.33. The molecule has 1 N–H and O–H groups in total. The van der Waals surface area contributed by atoms with Crippen LogP contribution < -0.4 is 19.9 Å². The molecule has 25 heavy (non-hydrogen) atoms. The van der Waals surface area contributed by atoms with E-state index in [1.54, 1.807) is 23.1 Å². The fourth-order valence-corrected chi connectivity index (χ4v) is 3.28. The standard InChI is InChI=1S/C19H20FN3O2/c20-16-4-2-1-3-14(16)12-23-17-11-15(22-9-7-21-8-10-22)5-6-18(17)25-13-19(23)24/h1-6,11,21H,7-10,12-13H2. The molecule has 0 unspecified atom stereocenters. The van der Waals surface area contributed by atoms with Gasteiger partial charge in [-0.3, -0.25) is 4.79 Å². The molecular weight excluding hydrogens is 321 g/mol. The van der Waals surface area contributed by atoms with E-state index in [1.807, 2.05) is 18.2 Å². The third-order valence-electron chi connectivity index (χ3n) is 4.65. The first-order chi connectivity index (χ1) is 12.2. The van der Waals surface area contributed by atoms with Crippen LogP contribution in [0.15, 0.2) is 42.5 Å². The Labute approximate surface area is 146 Å². The van der Waals surface area contributed by atoms with Crippen LogP contribution in [0.1, 0.15) is 5.56 Å². The van der Waals surface area contributed by atoms with E-state index in [0.717, 1.165) is 31.9 Å². The highest BCUT2D eigenvalue weighted by atomic mass is 19.1. The molecule has 0 aliphatic carbocycles. The minimum absolute atomic E-state index is 0.0194. The summed E-state index contributed by atoms with van der Waals surface area (Å²) < 4.78 is 19.6. The van der Waals surface area contributed by atoms with Crippen LogP contribution in [0.25, 0.3) is 0 Å². The van der Waals surface area contributed by atoms with E-state index >= 15 is 0 Å². The van der Waals surface area contributed by atoms with Gasteiger partial charge in [0.1, 0.15) is 11.6 Å². The fraction of sp³-hybridized carbons (Fsp3) is 0.316. The van der Waals surface area contributed by atoms with Crippen molar-refractivity contribution in [2.75, 3.05) is 42.6 Å². The summed E-state index contributed by atoms with van der Waals surface area (Å²) in [5.41, 5.74) is 2.25. The zero-order valence-electron chi connectivity index (χ0n) is 13.9. The van der Waals surface area contributed by atoms with E-state index in [2.05, 4.69) is 10.2 Å². The van der Waals surface area contributed by atoms with Crippen molar-refractivity contribution in [3.05, 3.63) is 53.8 Å². The first kappa shape index (κ1) is 15.9. The molecule has 4 rings (SSSR count). The lowest BCUT2D eigenvalue weighted by atomic mass is 10.1. The highest BCUT2D eigenvalue weighted by Crippen LogP contribution is 2.36. The number of rotatable bonds is 3. The normalized spacial score (nSPS) is 17.2. The number of nitrogens with one attached hydrogen (secondary N) is 1. The van der Waals surface area contributed by atoms with Crippen molar-refractivity contribution in [3.8, 4) is 5.75 Å². The molecule has 2 aliphatic heterocycles. The monoisotopic (exact) mass is 341 g/mol. The summed E-state index contributed by atoms with van der Waals surface area (Å²) in [5, 5.41) is 3.33. The predicted molar refractivity (Wildman–Crippen MR) is 94.6 cm³/mol. The minimum Gasteiger partial charge on any atom is -0.482 e. The maximum absolute atomic E-state index is 14.0. The Morgan fingerprint density at radius 3 is 2.72 bits per heavy atom. The molecule has 6 heteroatoms. The Morgan fingerprint density at radius 2 is 1.92 bits per heavy atom. The van der Waals surface area contributed by atoms with Gasteiger partial charge in [-0.1, -0.05) is 18.2 Å². The van der Waals surface area contributed by atoms with Crippen molar-refractivity contribution in [2.24, 2.45) is 0 Å². The van der Waals surface area contributed by atoms with Gasteiger partial charge in [-0.25, -0.2) is 4.39 Å². The second-order valence-electron chi connectivity index (χ2n) is 6.25. The average Bonchev–Trinajstić information content (AvgIpc) is 2.66. The van der Waals surface area contributed by atoms with Gasteiger partial charge in [-0.2, -0.15) is 0 Å². The largest absolute Gasteiger partial charge is 0.482 e. The van der Waals surface area contributed by atoms with Crippen molar-refractivity contribution < 1.29 is 13.9 Å². The maximum atomic E-state index is 14.0. The number of carbonyl (C=O) groups is 1. The molecule has 0 atom stereocenters. The summed E-state index contributed by atoms with van der Waals surface area (Å²) >= 11 is 0. The van der Waals surface area contributed by atoms with Gasteiger partial charge in [-0.05, 0) is 24.3 Å². The third-order valence-corrected chi connectivity index (χ3v) is 4.65. The molecule has 2 heterocycles. The molecule has 2 aromatic rings. The van der Waals surface area contributed by atoms with Gasteiger partial charge in [-0.15, -0.1) is 0 Å². The molecule has 0 aromatic heterocycles. The molecular formula is C19H20FN3O2. The summed E-state index contributed by atoms with van der Waals surface area (Å²) in [7, 11) is 0. The quantitative estimate of drug-likeness (QED) is 0.929. The van der Waals surface area contributed by atoms with E-state index in [-0.39, 0.29) is 24.9 Å². The van der Waals surface area contributed by atoms with Crippen LogP contribution in [0.3, 0.4) is 0 Å². The Bertz CT molecular complexity index is 790. The molecule has 1 saturated heterocycles. The lowest BCUT2D eigenvalue weighted by molar-refractivity contribution is -0.121. The summed E-state index contributed by atoms with van der Waals surface area (Å²) in [5.74, 6) is 0.199. The summed E-state index contributed by atoms with van der Waals surface area (Å²) in [6.07, 6.45) is 0. The van der Waals surface area contributed by atoms with Crippen LogP contribution in [-0.2, 0) is 11.3 Å². The van der Waals surface area contributed by atoms with Crippen LogP contribution in [-0.4, -0.2) is 38.7 Å². The SMILES string of the molecule is O=C1COc2ccc(N3CCNCC3)cc2N1Cc1ccccc1F. The molecule has 130 valence electrons. The van der Waals surface area contributed by atoms with Crippen LogP contribution >= 0.6 is 0 Å². The van der Waals surface area contributed by atoms with Gasteiger partial charge in [0.05, 0.1) is 12.2 Å². The van der Waals surface area contributed by atoms with Crippen molar-refractivity contribution in [1.82, 2.24) is 5.32 Å². The predicted octanol–water partition coefficient (Wildman–Crippen LogP) is 2.16. The average molecular weight is 341 g/mol. The Hall–Kier alpha value is -2.60. The number of amides is 1. The molecule has 0 saturated carbocycles. The van der Waals surface area contributed by atoms with Crippen LogP contribution in [0.2, 0.25) is 0 Å². The summed E-state index contributed by atoms with van der Waals surface area (Å²) in [4.78, 5) is 16.3. The summed E-state index contributed by atoms with van der Waals surface area (Å²) in [6, 6.07) is 12.4. The van der Waals surface area contributed by atoms with Gasteiger partial charge < -0.3 is 19.9 Å². The number of halogens is 1. The zero-order chi connectivity index (χ0) is 17.2. The molecule has 2 aromatic carbocycles. The van der Waals surface area contributed by atoms with Crippen molar-refractivity contribution in [1.29, 1.82) is 0 Å². The van der Waals surface area contributed by atoms with E-state index in [1.165, 1.54) is 6.07 Å². The molecule has 5 nitrogen and oxygen atoms in total. The van der Waals surface area contributed by atoms with Gasteiger partial charge >= 0.3 is 0 Å². The topological polar surface area (TPSA) is 44.8 Å². The smallest absolute Gasteiger partial charge is 0.265 e. The number of hydrogen-bond acceptors (Lipinski definition) is 4. The number of ether oxygens (including phenoxy) is 1. The number of carbonyl (C=O) groups excluding carboxylic acids is 1. The number of nitrogens with zero attached hydrogens (tertiary/aromatic N) is 2. The molecule has 1 fully saturated rings. The van der Waals surface area contributed by atoms with Gasteiger partial charge in [0.25, 0.3) is 5.91 Å². The van der Waals surface area contributed by atoms with E-state index < -0.39 is 0 Å². The lowest BCUT2D eigenvalue weighted by Crippen LogP contribution is -2.44. The maximum Gasteiger partial charge on any atom is 0.265 e. The molecule has 0 bridgehead atoms. The van der Waals surface area contributed by atoms with Crippen LogP contribution in [0, 0.1) is 5.82 Å². The minimum atomic E-state index is -0.304. The van der Waals surface area contributed by atoms with E-state index in [9.17, 15) is 9.18 Å². The van der Waals surface area contributed by atoms with Crippen LogP contribution in [0.4, 0.5) is 15.8 Å². The number of fused-ring (bicyclic) bond motifs is 1. The highest BCUT2D eigenvalue weighted by Gasteiger charge is 2.27. The number of piperazine rings is 1. The number of hydrogen-bond donors (Lipinski definition) is 1. The third kappa shape index (κ3) is 3.17. The molecule has 0 radical (unpaired) electrons. The molecule has 1 amide bonds. The summed E-state index contributed by atoms with van der Waals surface area (Å²) in [6.45, 7) is 3.89. The zero-order valence-corrected chi connectivity index (χ0v) is 13.9. The van der Waals surface area contributed by atoms with Gasteiger partial charge in [0.15, 0.2) is 6.61 Å². The van der Waals surface area contributed by atoms with Crippen molar-refractivity contribution >= 4 is 17.3 Å².